The van der Waals surface area contributed by atoms with Crippen LogP contribution in [-0.2, 0) is 6.54 Å². The van der Waals surface area contributed by atoms with Crippen LogP contribution in [0.3, 0.4) is 0 Å². The molecule has 0 saturated heterocycles. The first-order chi connectivity index (χ1) is 8.68. The standard InChI is InChI=1S/C14H22F3NSi/c1-19(2,3)13-7-5-12(6-8-13)11-18-10-4-9-14(15,16)17/h5-8,18H,4,9-11H2,1-3H3. The molecule has 0 aliphatic heterocycles. The number of alkyl halides is 3. The van der Waals surface area contributed by atoms with Crippen molar-refractivity contribution in [3.05, 3.63) is 29.8 Å². The molecule has 0 aliphatic carbocycles. The van der Waals surface area contributed by atoms with Crippen LogP contribution in [0.5, 0.6) is 0 Å². The van der Waals surface area contributed by atoms with Gasteiger partial charge in [0.05, 0.1) is 8.07 Å². The van der Waals surface area contributed by atoms with E-state index < -0.39 is 20.7 Å². The molecule has 1 N–H and O–H groups in total. The minimum absolute atomic E-state index is 0.135. The Kier molecular flexibility index (Phi) is 5.61. The maximum absolute atomic E-state index is 11.9. The van der Waals surface area contributed by atoms with Crippen molar-refractivity contribution in [3.8, 4) is 0 Å². The van der Waals surface area contributed by atoms with E-state index in [2.05, 4.69) is 49.2 Å². The van der Waals surface area contributed by atoms with Gasteiger partial charge in [-0.2, -0.15) is 13.2 Å². The van der Waals surface area contributed by atoms with Crippen LogP contribution in [0.15, 0.2) is 24.3 Å². The SMILES string of the molecule is C[Si](C)(C)c1ccc(CNCCCC(F)(F)F)cc1. The van der Waals surface area contributed by atoms with Gasteiger partial charge in [0.2, 0.25) is 0 Å². The van der Waals surface area contributed by atoms with E-state index in [1.807, 2.05) is 0 Å². The summed E-state index contributed by atoms with van der Waals surface area (Å²) in [5.41, 5.74) is 1.12. The number of rotatable bonds is 6. The first kappa shape index (κ1) is 16.2. The summed E-state index contributed by atoms with van der Waals surface area (Å²) in [5, 5.41) is 4.44. The van der Waals surface area contributed by atoms with Gasteiger partial charge in [-0.3, -0.25) is 0 Å². The molecule has 5 heteroatoms. The molecule has 0 radical (unpaired) electrons. The van der Waals surface area contributed by atoms with E-state index in [-0.39, 0.29) is 6.42 Å². The van der Waals surface area contributed by atoms with Gasteiger partial charge in [-0.1, -0.05) is 49.1 Å². The number of halogens is 3. The van der Waals surface area contributed by atoms with Crippen molar-refractivity contribution in [3.63, 3.8) is 0 Å². The van der Waals surface area contributed by atoms with Crippen LogP contribution in [0.25, 0.3) is 0 Å². The first-order valence-electron chi connectivity index (χ1n) is 6.55. The fraction of sp³-hybridized carbons (Fsp3) is 0.571. The maximum atomic E-state index is 11.9. The molecule has 0 bridgehead atoms. The predicted molar refractivity (Wildman–Crippen MR) is 76.4 cm³/mol. The van der Waals surface area contributed by atoms with Gasteiger partial charge in [0.1, 0.15) is 0 Å². The Bertz CT molecular complexity index is 379. The monoisotopic (exact) mass is 289 g/mol. The third-order valence-corrected chi connectivity index (χ3v) is 5.03. The molecule has 0 aromatic heterocycles. The highest BCUT2D eigenvalue weighted by Gasteiger charge is 2.25. The highest BCUT2D eigenvalue weighted by Crippen LogP contribution is 2.20. The van der Waals surface area contributed by atoms with Crippen LogP contribution in [0.1, 0.15) is 18.4 Å². The molecule has 0 heterocycles. The van der Waals surface area contributed by atoms with Gasteiger partial charge in [-0.05, 0) is 18.5 Å². The van der Waals surface area contributed by atoms with Crippen LogP contribution in [0, 0.1) is 0 Å². The van der Waals surface area contributed by atoms with E-state index in [0.717, 1.165) is 5.56 Å². The number of benzene rings is 1. The summed E-state index contributed by atoms with van der Waals surface area (Å²) in [6.07, 6.45) is -4.62. The Morgan fingerprint density at radius 2 is 1.63 bits per heavy atom. The second-order valence-corrected chi connectivity index (χ2v) is 10.9. The molecular formula is C14H22F3NSi. The molecule has 0 saturated carbocycles. The first-order valence-corrected chi connectivity index (χ1v) is 10.1. The van der Waals surface area contributed by atoms with Crippen molar-refractivity contribution in [2.75, 3.05) is 6.54 Å². The van der Waals surface area contributed by atoms with Gasteiger partial charge in [0.15, 0.2) is 0 Å². The zero-order chi connectivity index (χ0) is 14.5. The molecule has 0 atom stereocenters. The van der Waals surface area contributed by atoms with Crippen LogP contribution < -0.4 is 10.5 Å². The van der Waals surface area contributed by atoms with E-state index in [4.69, 9.17) is 0 Å². The topological polar surface area (TPSA) is 12.0 Å². The summed E-state index contributed by atoms with van der Waals surface area (Å²) >= 11 is 0. The Morgan fingerprint density at radius 1 is 1.05 bits per heavy atom. The summed E-state index contributed by atoms with van der Waals surface area (Å²) < 4.78 is 35.8. The van der Waals surface area contributed by atoms with E-state index in [0.29, 0.717) is 13.1 Å². The molecule has 0 fully saturated rings. The molecule has 0 spiro atoms. The molecule has 0 amide bonds. The smallest absolute Gasteiger partial charge is 0.313 e. The number of nitrogens with one attached hydrogen (secondary N) is 1. The Balaban J connectivity index is 2.31. The molecular weight excluding hydrogens is 267 g/mol. The highest BCUT2D eigenvalue weighted by molar-refractivity contribution is 6.88. The van der Waals surface area contributed by atoms with Crippen molar-refractivity contribution in [1.82, 2.24) is 5.32 Å². The molecule has 19 heavy (non-hydrogen) atoms. The largest absolute Gasteiger partial charge is 0.389 e. The summed E-state index contributed by atoms with van der Waals surface area (Å²) in [6.45, 7) is 7.89. The lowest BCUT2D eigenvalue weighted by atomic mass is 10.2. The number of hydrogen-bond donors (Lipinski definition) is 1. The lowest BCUT2D eigenvalue weighted by molar-refractivity contribution is -0.135. The second kappa shape index (κ2) is 6.57. The molecule has 1 rings (SSSR count). The minimum atomic E-state index is -4.04. The zero-order valence-corrected chi connectivity index (χ0v) is 12.8. The molecule has 0 unspecified atom stereocenters. The molecule has 0 aliphatic rings. The number of hydrogen-bond acceptors (Lipinski definition) is 1. The Hall–Kier alpha value is -0.813. The maximum Gasteiger partial charge on any atom is 0.389 e. The summed E-state index contributed by atoms with van der Waals surface area (Å²) in [4.78, 5) is 0. The normalized spacial score (nSPS) is 12.7. The molecule has 1 aromatic carbocycles. The van der Waals surface area contributed by atoms with Gasteiger partial charge in [-0.15, -0.1) is 0 Å². The average Bonchev–Trinajstić information content (AvgIpc) is 2.26. The fourth-order valence-corrected chi connectivity index (χ4v) is 2.94. The molecule has 1 nitrogen and oxygen atoms in total. The van der Waals surface area contributed by atoms with Gasteiger partial charge in [0.25, 0.3) is 0 Å². The Morgan fingerprint density at radius 3 is 2.11 bits per heavy atom. The van der Waals surface area contributed by atoms with Crippen LogP contribution >= 0.6 is 0 Å². The third kappa shape index (κ3) is 6.78. The van der Waals surface area contributed by atoms with E-state index in [9.17, 15) is 13.2 Å². The summed E-state index contributed by atoms with van der Waals surface area (Å²) in [6, 6.07) is 8.40. The van der Waals surface area contributed by atoms with E-state index in [1.54, 1.807) is 0 Å². The van der Waals surface area contributed by atoms with Gasteiger partial charge in [-0.25, -0.2) is 0 Å². The molecule has 1 aromatic rings. The highest BCUT2D eigenvalue weighted by atomic mass is 28.3. The van der Waals surface area contributed by atoms with Crippen molar-refractivity contribution in [1.29, 1.82) is 0 Å². The minimum Gasteiger partial charge on any atom is -0.313 e. The lowest BCUT2D eigenvalue weighted by Gasteiger charge is -2.16. The van der Waals surface area contributed by atoms with Gasteiger partial charge in [0, 0.05) is 13.0 Å². The second-order valence-electron chi connectivity index (χ2n) is 5.84. The van der Waals surface area contributed by atoms with Crippen molar-refractivity contribution in [2.45, 2.75) is 45.2 Å². The van der Waals surface area contributed by atoms with Gasteiger partial charge >= 0.3 is 6.18 Å². The Labute approximate surface area is 114 Å². The van der Waals surface area contributed by atoms with E-state index >= 15 is 0 Å². The third-order valence-electron chi connectivity index (χ3n) is 2.96. The average molecular weight is 289 g/mol. The van der Waals surface area contributed by atoms with Crippen molar-refractivity contribution >= 4 is 13.3 Å². The van der Waals surface area contributed by atoms with E-state index in [1.165, 1.54) is 5.19 Å². The molecule has 108 valence electrons. The quantitative estimate of drug-likeness (QED) is 0.622. The van der Waals surface area contributed by atoms with Crippen molar-refractivity contribution < 1.29 is 13.2 Å². The van der Waals surface area contributed by atoms with Crippen LogP contribution in [-0.4, -0.2) is 20.8 Å². The van der Waals surface area contributed by atoms with Crippen LogP contribution in [0.4, 0.5) is 13.2 Å². The van der Waals surface area contributed by atoms with Crippen LogP contribution in [0.2, 0.25) is 19.6 Å². The summed E-state index contributed by atoms with van der Waals surface area (Å²) in [7, 11) is -1.27. The van der Waals surface area contributed by atoms with Crippen molar-refractivity contribution in [2.24, 2.45) is 0 Å². The lowest BCUT2D eigenvalue weighted by Crippen LogP contribution is -2.37. The predicted octanol–water partition coefficient (Wildman–Crippen LogP) is 3.66. The summed E-state index contributed by atoms with van der Waals surface area (Å²) in [5.74, 6) is 0. The zero-order valence-electron chi connectivity index (χ0n) is 11.8. The van der Waals surface area contributed by atoms with Gasteiger partial charge < -0.3 is 5.32 Å². The fourth-order valence-electron chi connectivity index (χ4n) is 1.77.